The summed E-state index contributed by atoms with van der Waals surface area (Å²) < 4.78 is 0. The van der Waals surface area contributed by atoms with Gasteiger partial charge in [0.25, 0.3) is 0 Å². The van der Waals surface area contributed by atoms with Gasteiger partial charge < -0.3 is 32.2 Å². The summed E-state index contributed by atoms with van der Waals surface area (Å²) in [5.74, 6) is -2.73. The molecular formula is C20H27N5O5S. The fourth-order valence-electron chi connectivity index (χ4n) is 3.09. The molecule has 0 saturated carbocycles. The number of para-hydroxylation sites is 1. The molecule has 3 atom stereocenters. The van der Waals surface area contributed by atoms with Crippen LogP contribution in [0.4, 0.5) is 0 Å². The van der Waals surface area contributed by atoms with Gasteiger partial charge in [-0.15, -0.1) is 0 Å². The van der Waals surface area contributed by atoms with Crippen molar-refractivity contribution in [2.24, 2.45) is 11.5 Å². The molecule has 0 aliphatic rings. The van der Waals surface area contributed by atoms with Crippen LogP contribution in [0.25, 0.3) is 10.9 Å². The molecule has 31 heavy (non-hydrogen) atoms. The van der Waals surface area contributed by atoms with Gasteiger partial charge in [-0.05, 0) is 30.1 Å². The minimum absolute atomic E-state index is 0.0650. The number of aliphatic carboxylic acids is 1. The minimum atomic E-state index is -1.20. The highest BCUT2D eigenvalue weighted by Gasteiger charge is 2.28. The SMILES string of the molecule is CSCC[C@H](NC(=O)[C@@H](N)CC(N)=O)C(=O)N[C@@H](Cc1c[nH]c2ccccc12)C(=O)O. The van der Waals surface area contributed by atoms with E-state index >= 15 is 0 Å². The monoisotopic (exact) mass is 449 g/mol. The van der Waals surface area contributed by atoms with E-state index in [2.05, 4.69) is 15.6 Å². The number of H-pyrrole nitrogens is 1. The lowest BCUT2D eigenvalue weighted by molar-refractivity contribution is -0.142. The molecule has 1 aromatic carbocycles. The van der Waals surface area contributed by atoms with Gasteiger partial charge in [0.1, 0.15) is 12.1 Å². The predicted molar refractivity (Wildman–Crippen MR) is 118 cm³/mol. The Bertz CT molecular complexity index is 947. The van der Waals surface area contributed by atoms with Gasteiger partial charge in [0.15, 0.2) is 0 Å². The van der Waals surface area contributed by atoms with Crippen LogP contribution in [0.2, 0.25) is 0 Å². The van der Waals surface area contributed by atoms with Crippen molar-refractivity contribution >= 4 is 46.4 Å². The molecule has 3 amide bonds. The van der Waals surface area contributed by atoms with Crippen LogP contribution in [0.5, 0.6) is 0 Å². The molecule has 0 fully saturated rings. The first kappa shape index (κ1) is 24.2. The highest BCUT2D eigenvalue weighted by molar-refractivity contribution is 7.98. The number of primary amides is 1. The molecule has 168 valence electrons. The van der Waals surface area contributed by atoms with E-state index < -0.39 is 41.8 Å². The first-order valence-corrected chi connectivity index (χ1v) is 11.0. The van der Waals surface area contributed by atoms with Crippen LogP contribution >= 0.6 is 11.8 Å². The Morgan fingerprint density at radius 1 is 1.13 bits per heavy atom. The Hall–Kier alpha value is -3.05. The van der Waals surface area contributed by atoms with Crippen molar-refractivity contribution in [2.45, 2.75) is 37.4 Å². The number of carboxylic acid groups (broad SMARTS) is 1. The number of nitrogens with one attached hydrogen (secondary N) is 3. The van der Waals surface area contributed by atoms with E-state index in [4.69, 9.17) is 11.5 Å². The van der Waals surface area contributed by atoms with E-state index in [-0.39, 0.29) is 19.3 Å². The quantitative estimate of drug-likeness (QED) is 0.258. The second-order valence-corrected chi connectivity index (χ2v) is 8.07. The van der Waals surface area contributed by atoms with Crippen LogP contribution < -0.4 is 22.1 Å². The van der Waals surface area contributed by atoms with Crippen molar-refractivity contribution in [3.63, 3.8) is 0 Å². The molecule has 8 N–H and O–H groups in total. The molecule has 0 saturated heterocycles. The van der Waals surface area contributed by atoms with E-state index in [0.29, 0.717) is 5.75 Å². The van der Waals surface area contributed by atoms with E-state index in [1.807, 2.05) is 30.5 Å². The Morgan fingerprint density at radius 2 is 1.81 bits per heavy atom. The van der Waals surface area contributed by atoms with E-state index in [1.165, 1.54) is 11.8 Å². The smallest absolute Gasteiger partial charge is 0.326 e. The van der Waals surface area contributed by atoms with Gasteiger partial charge in [-0.2, -0.15) is 11.8 Å². The van der Waals surface area contributed by atoms with Gasteiger partial charge in [0, 0.05) is 23.5 Å². The van der Waals surface area contributed by atoms with Crippen LogP contribution in [-0.4, -0.2) is 63.9 Å². The molecule has 1 heterocycles. The van der Waals surface area contributed by atoms with E-state index in [0.717, 1.165) is 16.5 Å². The van der Waals surface area contributed by atoms with Crippen molar-refractivity contribution in [3.8, 4) is 0 Å². The zero-order valence-electron chi connectivity index (χ0n) is 17.1. The first-order chi connectivity index (χ1) is 14.7. The maximum absolute atomic E-state index is 12.8. The number of rotatable bonds is 12. The van der Waals surface area contributed by atoms with Crippen molar-refractivity contribution in [1.29, 1.82) is 0 Å². The summed E-state index contributed by atoms with van der Waals surface area (Å²) >= 11 is 1.47. The van der Waals surface area contributed by atoms with Crippen LogP contribution in [0.3, 0.4) is 0 Å². The molecule has 2 rings (SSSR count). The summed E-state index contributed by atoms with van der Waals surface area (Å²) in [4.78, 5) is 50.9. The van der Waals surface area contributed by atoms with Crippen molar-refractivity contribution in [2.75, 3.05) is 12.0 Å². The van der Waals surface area contributed by atoms with Crippen molar-refractivity contribution < 1.29 is 24.3 Å². The Morgan fingerprint density at radius 3 is 2.45 bits per heavy atom. The maximum atomic E-state index is 12.8. The summed E-state index contributed by atoms with van der Waals surface area (Å²) in [7, 11) is 0. The van der Waals surface area contributed by atoms with Crippen LogP contribution in [0, 0.1) is 0 Å². The molecule has 2 aromatic rings. The number of nitrogens with two attached hydrogens (primary N) is 2. The molecule has 0 unspecified atom stereocenters. The highest BCUT2D eigenvalue weighted by atomic mass is 32.2. The summed E-state index contributed by atoms with van der Waals surface area (Å²) in [5.41, 5.74) is 12.3. The van der Waals surface area contributed by atoms with Gasteiger partial charge in [0.05, 0.1) is 12.5 Å². The molecule has 0 aliphatic heterocycles. The first-order valence-electron chi connectivity index (χ1n) is 9.64. The predicted octanol–water partition coefficient (Wildman–Crippen LogP) is -0.280. The number of aromatic amines is 1. The molecule has 10 nitrogen and oxygen atoms in total. The second kappa shape index (κ2) is 11.4. The van der Waals surface area contributed by atoms with Crippen LogP contribution in [0.15, 0.2) is 30.5 Å². The average Bonchev–Trinajstić information content (AvgIpc) is 3.12. The van der Waals surface area contributed by atoms with Gasteiger partial charge >= 0.3 is 5.97 Å². The fourth-order valence-corrected chi connectivity index (χ4v) is 3.56. The fraction of sp³-hybridized carbons (Fsp3) is 0.400. The third kappa shape index (κ3) is 7.00. The molecule has 0 spiro atoms. The molecule has 0 aliphatic carbocycles. The normalized spacial score (nSPS) is 13.9. The summed E-state index contributed by atoms with van der Waals surface area (Å²) in [6.07, 6.45) is 3.52. The summed E-state index contributed by atoms with van der Waals surface area (Å²) in [6.45, 7) is 0. The van der Waals surface area contributed by atoms with E-state index in [1.54, 1.807) is 6.20 Å². The third-order valence-corrected chi connectivity index (χ3v) is 5.36. The molecule has 0 bridgehead atoms. The number of carbonyl (C=O) groups is 4. The van der Waals surface area contributed by atoms with Crippen molar-refractivity contribution in [1.82, 2.24) is 15.6 Å². The molecule has 11 heteroatoms. The largest absolute Gasteiger partial charge is 0.480 e. The number of thioether (sulfide) groups is 1. The van der Waals surface area contributed by atoms with E-state index in [9.17, 15) is 24.3 Å². The highest BCUT2D eigenvalue weighted by Crippen LogP contribution is 2.19. The topological polar surface area (TPSA) is 180 Å². The molecule has 0 radical (unpaired) electrons. The van der Waals surface area contributed by atoms with Crippen LogP contribution in [0.1, 0.15) is 18.4 Å². The maximum Gasteiger partial charge on any atom is 0.326 e. The number of hydrogen-bond donors (Lipinski definition) is 6. The number of carboxylic acids is 1. The van der Waals surface area contributed by atoms with Gasteiger partial charge in [0.2, 0.25) is 17.7 Å². The number of fused-ring (bicyclic) bond motifs is 1. The number of aromatic nitrogens is 1. The van der Waals surface area contributed by atoms with Gasteiger partial charge in [-0.1, -0.05) is 18.2 Å². The Labute approximate surface area is 183 Å². The number of carbonyl (C=O) groups excluding carboxylic acids is 3. The number of amides is 3. The standard InChI is InChI=1S/C20H27N5O5S/c1-31-7-6-15(24-18(27)13(21)9-17(22)26)19(28)25-16(20(29)30)8-11-10-23-14-5-3-2-4-12(11)14/h2-5,10,13,15-16,23H,6-9,21H2,1H3,(H2,22,26)(H,24,27)(H,25,28)(H,29,30)/t13-,15-,16-/m0/s1. The molecular weight excluding hydrogens is 422 g/mol. The third-order valence-electron chi connectivity index (χ3n) is 4.72. The summed E-state index contributed by atoms with van der Waals surface area (Å²) in [6, 6.07) is 4.06. The zero-order chi connectivity index (χ0) is 23.0. The Kier molecular flexibility index (Phi) is 8.88. The number of benzene rings is 1. The lowest BCUT2D eigenvalue weighted by atomic mass is 10.0. The molecule has 1 aromatic heterocycles. The second-order valence-electron chi connectivity index (χ2n) is 7.08. The average molecular weight is 450 g/mol. The lowest BCUT2D eigenvalue weighted by Crippen LogP contribution is -2.55. The van der Waals surface area contributed by atoms with Gasteiger partial charge in [-0.25, -0.2) is 4.79 Å². The number of hydrogen-bond acceptors (Lipinski definition) is 6. The lowest BCUT2D eigenvalue weighted by Gasteiger charge is -2.22. The van der Waals surface area contributed by atoms with Crippen LogP contribution in [-0.2, 0) is 25.6 Å². The Balaban J connectivity index is 2.11. The van der Waals surface area contributed by atoms with Gasteiger partial charge in [-0.3, -0.25) is 14.4 Å². The zero-order valence-corrected chi connectivity index (χ0v) is 17.9. The minimum Gasteiger partial charge on any atom is -0.480 e. The summed E-state index contributed by atoms with van der Waals surface area (Å²) in [5, 5.41) is 15.5. The van der Waals surface area contributed by atoms with Crippen molar-refractivity contribution in [3.05, 3.63) is 36.0 Å².